The smallest absolute Gasteiger partial charge is 0.253 e. The van der Waals surface area contributed by atoms with Gasteiger partial charge < -0.3 is 18.8 Å². The molecule has 156 valence electrons. The zero-order chi connectivity index (χ0) is 20.8. The van der Waals surface area contributed by atoms with Crippen LogP contribution >= 0.6 is 0 Å². The molecule has 0 saturated carbocycles. The minimum Gasteiger partial charge on any atom is -0.497 e. The summed E-state index contributed by atoms with van der Waals surface area (Å²) in [6.45, 7) is 1.57. The molecule has 2 heterocycles. The third kappa shape index (κ3) is 4.97. The lowest BCUT2D eigenvalue weighted by Gasteiger charge is -2.31. The number of benzene rings is 2. The first-order valence-electron chi connectivity index (χ1n) is 10.1. The van der Waals surface area contributed by atoms with Crippen LogP contribution in [0, 0.1) is 0 Å². The predicted octanol–water partition coefficient (Wildman–Crippen LogP) is 3.61. The van der Waals surface area contributed by atoms with E-state index >= 15 is 0 Å². The number of rotatable bonds is 7. The Labute approximate surface area is 175 Å². The van der Waals surface area contributed by atoms with Crippen molar-refractivity contribution in [3.63, 3.8) is 0 Å². The van der Waals surface area contributed by atoms with Crippen molar-refractivity contribution in [2.45, 2.75) is 31.8 Å². The third-order valence-electron chi connectivity index (χ3n) is 5.23. The van der Waals surface area contributed by atoms with Crippen molar-refractivity contribution < 1.29 is 18.7 Å². The average Bonchev–Trinajstić information content (AvgIpc) is 3.28. The molecule has 1 atom stereocenters. The SMILES string of the molecule is COc1ccc(CC(=O)N2CCCC(c3nnc(COc4ccccc4)o3)C2)cc1. The van der Waals surface area contributed by atoms with Crippen LogP contribution in [0.25, 0.3) is 0 Å². The Balaban J connectivity index is 1.33. The Hall–Kier alpha value is -3.35. The Morgan fingerprint density at radius 1 is 1.10 bits per heavy atom. The molecule has 30 heavy (non-hydrogen) atoms. The molecule has 1 aliphatic heterocycles. The fraction of sp³-hybridized carbons (Fsp3) is 0.348. The molecule has 0 aliphatic carbocycles. The fourth-order valence-corrected chi connectivity index (χ4v) is 3.59. The highest BCUT2D eigenvalue weighted by molar-refractivity contribution is 5.79. The molecule has 7 nitrogen and oxygen atoms in total. The van der Waals surface area contributed by atoms with Crippen LogP contribution in [0.15, 0.2) is 59.0 Å². The predicted molar refractivity (Wildman–Crippen MR) is 110 cm³/mol. The number of para-hydroxylation sites is 1. The van der Waals surface area contributed by atoms with Gasteiger partial charge in [-0.25, -0.2) is 0 Å². The molecule has 0 N–H and O–H groups in total. The second-order valence-electron chi connectivity index (χ2n) is 7.34. The largest absolute Gasteiger partial charge is 0.497 e. The van der Waals surface area contributed by atoms with Crippen molar-refractivity contribution in [1.82, 2.24) is 15.1 Å². The van der Waals surface area contributed by atoms with Gasteiger partial charge in [0, 0.05) is 13.1 Å². The number of likely N-dealkylation sites (tertiary alicyclic amines) is 1. The highest BCUT2D eigenvalue weighted by Gasteiger charge is 2.28. The summed E-state index contributed by atoms with van der Waals surface area (Å²) >= 11 is 0. The molecule has 1 amide bonds. The monoisotopic (exact) mass is 407 g/mol. The molecule has 1 saturated heterocycles. The van der Waals surface area contributed by atoms with Gasteiger partial charge in [0.15, 0.2) is 6.61 Å². The maximum absolute atomic E-state index is 12.8. The summed E-state index contributed by atoms with van der Waals surface area (Å²) in [4.78, 5) is 14.7. The molecule has 1 aliphatic rings. The van der Waals surface area contributed by atoms with Crippen LogP contribution in [-0.2, 0) is 17.8 Å². The van der Waals surface area contributed by atoms with Gasteiger partial charge in [0.2, 0.25) is 11.8 Å². The van der Waals surface area contributed by atoms with Crippen molar-refractivity contribution in [3.8, 4) is 11.5 Å². The summed E-state index contributed by atoms with van der Waals surface area (Å²) in [5.74, 6) is 2.71. The molecule has 1 unspecified atom stereocenters. The number of hydrogen-bond donors (Lipinski definition) is 0. The maximum Gasteiger partial charge on any atom is 0.253 e. The molecular formula is C23H25N3O4. The van der Waals surface area contributed by atoms with E-state index < -0.39 is 0 Å². The molecule has 0 bridgehead atoms. The van der Waals surface area contributed by atoms with E-state index in [0.29, 0.717) is 24.7 Å². The third-order valence-corrected chi connectivity index (χ3v) is 5.23. The normalized spacial score (nSPS) is 16.3. The van der Waals surface area contributed by atoms with Crippen LogP contribution in [0.2, 0.25) is 0 Å². The zero-order valence-corrected chi connectivity index (χ0v) is 17.0. The summed E-state index contributed by atoms with van der Waals surface area (Å²) in [6.07, 6.45) is 2.21. The van der Waals surface area contributed by atoms with Crippen LogP contribution in [0.1, 0.15) is 36.1 Å². The molecule has 0 radical (unpaired) electrons. The summed E-state index contributed by atoms with van der Waals surface area (Å²) in [6, 6.07) is 17.1. The van der Waals surface area contributed by atoms with Gasteiger partial charge in [-0.15, -0.1) is 10.2 Å². The van der Waals surface area contributed by atoms with Gasteiger partial charge in [-0.3, -0.25) is 4.79 Å². The fourth-order valence-electron chi connectivity index (χ4n) is 3.59. The number of amides is 1. The van der Waals surface area contributed by atoms with Crippen molar-refractivity contribution in [2.24, 2.45) is 0 Å². The Bertz CT molecular complexity index is 956. The van der Waals surface area contributed by atoms with Crippen LogP contribution in [0.4, 0.5) is 0 Å². The van der Waals surface area contributed by atoms with E-state index in [4.69, 9.17) is 13.9 Å². The molecule has 4 rings (SSSR count). The molecular weight excluding hydrogens is 382 g/mol. The van der Waals surface area contributed by atoms with Gasteiger partial charge in [-0.2, -0.15) is 0 Å². The van der Waals surface area contributed by atoms with Crippen LogP contribution in [0.3, 0.4) is 0 Å². The molecule has 7 heteroatoms. The number of aromatic nitrogens is 2. The van der Waals surface area contributed by atoms with Crippen LogP contribution in [0.5, 0.6) is 11.5 Å². The highest BCUT2D eigenvalue weighted by atomic mass is 16.5. The van der Waals surface area contributed by atoms with Gasteiger partial charge in [0.25, 0.3) is 5.89 Å². The summed E-state index contributed by atoms with van der Waals surface area (Å²) in [5.41, 5.74) is 0.973. The van der Waals surface area contributed by atoms with Crippen LogP contribution in [-0.4, -0.2) is 41.2 Å². The van der Waals surface area contributed by atoms with E-state index in [2.05, 4.69) is 10.2 Å². The maximum atomic E-state index is 12.8. The first kappa shape index (κ1) is 19.9. The Morgan fingerprint density at radius 2 is 1.90 bits per heavy atom. The number of ether oxygens (including phenoxy) is 2. The number of piperidine rings is 1. The van der Waals surface area contributed by atoms with Gasteiger partial charge in [0.05, 0.1) is 19.4 Å². The van der Waals surface area contributed by atoms with Gasteiger partial charge >= 0.3 is 0 Å². The van der Waals surface area contributed by atoms with Crippen molar-refractivity contribution in [1.29, 1.82) is 0 Å². The van der Waals surface area contributed by atoms with Crippen LogP contribution < -0.4 is 9.47 Å². The lowest BCUT2D eigenvalue weighted by atomic mass is 9.97. The van der Waals surface area contributed by atoms with Crippen molar-refractivity contribution >= 4 is 5.91 Å². The lowest BCUT2D eigenvalue weighted by Crippen LogP contribution is -2.40. The lowest BCUT2D eigenvalue weighted by molar-refractivity contribution is -0.131. The zero-order valence-electron chi connectivity index (χ0n) is 17.0. The minimum atomic E-state index is 0.0524. The van der Waals surface area contributed by atoms with E-state index in [9.17, 15) is 4.79 Å². The number of nitrogens with zero attached hydrogens (tertiary/aromatic N) is 3. The number of carbonyl (C=O) groups is 1. The molecule has 1 fully saturated rings. The minimum absolute atomic E-state index is 0.0524. The van der Waals surface area contributed by atoms with Crippen molar-refractivity contribution in [3.05, 3.63) is 71.9 Å². The van der Waals surface area contributed by atoms with Gasteiger partial charge in [0.1, 0.15) is 11.5 Å². The highest BCUT2D eigenvalue weighted by Crippen LogP contribution is 2.27. The molecule has 1 aromatic heterocycles. The van der Waals surface area contributed by atoms with E-state index in [-0.39, 0.29) is 18.4 Å². The first-order chi connectivity index (χ1) is 14.7. The molecule has 0 spiro atoms. The Morgan fingerprint density at radius 3 is 2.67 bits per heavy atom. The quantitative estimate of drug-likeness (QED) is 0.595. The van der Waals surface area contributed by atoms with E-state index in [0.717, 1.165) is 36.4 Å². The van der Waals surface area contributed by atoms with E-state index in [1.165, 1.54) is 0 Å². The number of hydrogen-bond acceptors (Lipinski definition) is 6. The van der Waals surface area contributed by atoms with Gasteiger partial charge in [-0.05, 0) is 42.7 Å². The summed E-state index contributed by atoms with van der Waals surface area (Å²) < 4.78 is 16.7. The number of methoxy groups -OCH3 is 1. The van der Waals surface area contributed by atoms with E-state index in [1.54, 1.807) is 7.11 Å². The second kappa shape index (κ2) is 9.43. The van der Waals surface area contributed by atoms with Crippen molar-refractivity contribution in [2.75, 3.05) is 20.2 Å². The summed E-state index contributed by atoms with van der Waals surface area (Å²) in [7, 11) is 1.63. The average molecular weight is 407 g/mol. The second-order valence-corrected chi connectivity index (χ2v) is 7.34. The van der Waals surface area contributed by atoms with E-state index in [1.807, 2.05) is 59.5 Å². The molecule has 3 aromatic rings. The Kier molecular flexibility index (Phi) is 6.27. The molecule has 2 aromatic carbocycles. The standard InChI is InChI=1S/C23H25N3O4/c1-28-19-11-9-17(10-12-19)14-22(27)26-13-5-6-18(15-26)23-25-24-21(30-23)16-29-20-7-3-2-4-8-20/h2-4,7-12,18H,5-6,13-16H2,1H3. The number of carbonyl (C=O) groups excluding carboxylic acids is 1. The topological polar surface area (TPSA) is 77.7 Å². The first-order valence-corrected chi connectivity index (χ1v) is 10.1. The van der Waals surface area contributed by atoms with Gasteiger partial charge in [-0.1, -0.05) is 30.3 Å². The summed E-state index contributed by atoms with van der Waals surface area (Å²) in [5, 5.41) is 8.30.